The average Bonchev–Trinajstić information content (AvgIpc) is 3.48. The third kappa shape index (κ3) is 4.32. The lowest BCUT2D eigenvalue weighted by Crippen LogP contribution is -2.29. The number of benzene rings is 1. The predicted molar refractivity (Wildman–Crippen MR) is 107 cm³/mol. The van der Waals surface area contributed by atoms with E-state index in [0.717, 1.165) is 16.1 Å². The number of hydrogen-bond donors (Lipinski definition) is 1. The highest BCUT2D eigenvalue weighted by molar-refractivity contribution is 7.13. The molecule has 3 heterocycles. The standard InChI is InChI=1S/C19H18N6O3S/c1-13(14-4-6-15(7-5-14)25-12-20-11-21-25)22-17(26)8-9-24-19(27)28-18(23-24)16-3-2-10-29-16/h2-7,10-13H,8-9H2,1H3,(H,22,26). The summed E-state index contributed by atoms with van der Waals surface area (Å²) in [6, 6.07) is 11.2. The molecule has 0 spiro atoms. The molecule has 1 aromatic carbocycles. The van der Waals surface area contributed by atoms with E-state index < -0.39 is 5.76 Å². The normalized spacial score (nSPS) is 12.0. The fourth-order valence-corrected chi connectivity index (χ4v) is 3.45. The molecule has 4 rings (SSSR count). The van der Waals surface area contributed by atoms with Crippen molar-refractivity contribution in [3.05, 3.63) is 70.5 Å². The van der Waals surface area contributed by atoms with Crippen LogP contribution in [0.4, 0.5) is 0 Å². The smallest absolute Gasteiger partial charge is 0.387 e. The van der Waals surface area contributed by atoms with Gasteiger partial charge in [-0.3, -0.25) is 4.79 Å². The highest BCUT2D eigenvalue weighted by Crippen LogP contribution is 2.21. The van der Waals surface area contributed by atoms with Crippen molar-refractivity contribution in [1.82, 2.24) is 29.9 Å². The van der Waals surface area contributed by atoms with E-state index in [1.54, 1.807) is 11.0 Å². The molecule has 1 N–H and O–H groups in total. The Labute approximate surface area is 169 Å². The van der Waals surface area contributed by atoms with Crippen molar-refractivity contribution in [3.8, 4) is 16.5 Å². The lowest BCUT2D eigenvalue weighted by Gasteiger charge is -2.14. The monoisotopic (exact) mass is 410 g/mol. The second-order valence-corrected chi connectivity index (χ2v) is 7.29. The molecule has 9 nitrogen and oxygen atoms in total. The number of nitrogens with zero attached hydrogens (tertiary/aromatic N) is 5. The molecule has 4 aromatic rings. The molecule has 1 unspecified atom stereocenters. The minimum Gasteiger partial charge on any atom is -0.387 e. The number of aryl methyl sites for hydroxylation is 1. The molecule has 1 atom stereocenters. The maximum absolute atomic E-state index is 12.3. The number of thiophene rings is 1. The largest absolute Gasteiger partial charge is 0.437 e. The number of aromatic nitrogens is 5. The van der Waals surface area contributed by atoms with Gasteiger partial charge in [-0.15, -0.1) is 16.4 Å². The van der Waals surface area contributed by atoms with Crippen molar-refractivity contribution in [2.24, 2.45) is 0 Å². The Bertz CT molecular complexity index is 1130. The van der Waals surface area contributed by atoms with Crippen LogP contribution >= 0.6 is 11.3 Å². The first-order chi connectivity index (χ1) is 14.1. The first kappa shape index (κ1) is 18.8. The summed E-state index contributed by atoms with van der Waals surface area (Å²) in [4.78, 5) is 28.9. The van der Waals surface area contributed by atoms with Crippen molar-refractivity contribution in [1.29, 1.82) is 0 Å². The topological polar surface area (TPSA) is 108 Å². The Morgan fingerprint density at radius 1 is 1.28 bits per heavy atom. The van der Waals surface area contributed by atoms with E-state index in [1.165, 1.54) is 22.3 Å². The fourth-order valence-electron chi connectivity index (χ4n) is 2.81. The molecule has 29 heavy (non-hydrogen) atoms. The molecule has 0 aliphatic carbocycles. The average molecular weight is 410 g/mol. The van der Waals surface area contributed by atoms with E-state index in [9.17, 15) is 9.59 Å². The summed E-state index contributed by atoms with van der Waals surface area (Å²) in [5.41, 5.74) is 1.84. The summed E-state index contributed by atoms with van der Waals surface area (Å²) >= 11 is 1.43. The number of rotatable bonds is 7. The van der Waals surface area contributed by atoms with Gasteiger partial charge in [-0.25, -0.2) is 14.5 Å². The summed E-state index contributed by atoms with van der Waals surface area (Å²) in [5, 5.41) is 13.0. The first-order valence-electron chi connectivity index (χ1n) is 8.96. The van der Waals surface area contributed by atoms with Crippen LogP contribution < -0.4 is 11.1 Å². The van der Waals surface area contributed by atoms with Gasteiger partial charge < -0.3 is 9.73 Å². The van der Waals surface area contributed by atoms with Crippen LogP contribution in [0.3, 0.4) is 0 Å². The van der Waals surface area contributed by atoms with Gasteiger partial charge in [0.1, 0.15) is 12.7 Å². The number of carbonyl (C=O) groups is 1. The molecule has 1 amide bonds. The molecule has 0 bridgehead atoms. The van der Waals surface area contributed by atoms with Gasteiger partial charge >= 0.3 is 5.76 Å². The zero-order chi connectivity index (χ0) is 20.2. The molecule has 0 saturated carbocycles. The van der Waals surface area contributed by atoms with Gasteiger partial charge in [-0.1, -0.05) is 18.2 Å². The molecule has 0 aliphatic heterocycles. The molecule has 0 fully saturated rings. The van der Waals surface area contributed by atoms with Crippen LogP contribution in [0.2, 0.25) is 0 Å². The first-order valence-corrected chi connectivity index (χ1v) is 9.84. The predicted octanol–water partition coefficient (Wildman–Crippen LogP) is 2.41. The Morgan fingerprint density at radius 3 is 2.79 bits per heavy atom. The molecule has 0 radical (unpaired) electrons. The van der Waals surface area contributed by atoms with Crippen LogP contribution in [0, 0.1) is 0 Å². The highest BCUT2D eigenvalue weighted by atomic mass is 32.1. The number of nitrogens with one attached hydrogen (secondary N) is 1. The minimum atomic E-state index is -0.571. The van der Waals surface area contributed by atoms with Crippen LogP contribution in [0.25, 0.3) is 16.5 Å². The zero-order valence-corrected chi connectivity index (χ0v) is 16.4. The van der Waals surface area contributed by atoms with E-state index in [0.29, 0.717) is 0 Å². The van der Waals surface area contributed by atoms with Crippen LogP contribution in [0.1, 0.15) is 24.9 Å². The SMILES string of the molecule is CC(NC(=O)CCn1nc(-c2cccs2)oc1=O)c1ccc(-n2cncn2)cc1. The van der Waals surface area contributed by atoms with Crippen molar-refractivity contribution in [2.75, 3.05) is 0 Å². The summed E-state index contributed by atoms with van der Waals surface area (Å²) in [6.45, 7) is 2.05. The van der Waals surface area contributed by atoms with Gasteiger partial charge in [0.25, 0.3) is 5.89 Å². The molecule has 0 saturated heterocycles. The molecule has 3 aromatic heterocycles. The lowest BCUT2D eigenvalue weighted by molar-refractivity contribution is -0.122. The van der Waals surface area contributed by atoms with Crippen molar-refractivity contribution in [3.63, 3.8) is 0 Å². The second-order valence-electron chi connectivity index (χ2n) is 6.34. The molecular formula is C19H18N6O3S. The van der Waals surface area contributed by atoms with Gasteiger partial charge in [0.05, 0.1) is 23.2 Å². The van der Waals surface area contributed by atoms with E-state index >= 15 is 0 Å². The van der Waals surface area contributed by atoms with Gasteiger partial charge in [-0.2, -0.15) is 9.78 Å². The molecule has 148 valence electrons. The van der Waals surface area contributed by atoms with Crippen LogP contribution in [-0.2, 0) is 11.3 Å². The van der Waals surface area contributed by atoms with E-state index in [1.807, 2.05) is 48.7 Å². The highest BCUT2D eigenvalue weighted by Gasteiger charge is 2.14. The van der Waals surface area contributed by atoms with Gasteiger partial charge in [-0.05, 0) is 36.1 Å². The minimum absolute atomic E-state index is 0.123. The Kier molecular flexibility index (Phi) is 5.34. The van der Waals surface area contributed by atoms with Crippen LogP contribution in [0.15, 0.2) is 63.6 Å². The molecule has 10 heteroatoms. The second kappa shape index (κ2) is 8.23. The van der Waals surface area contributed by atoms with E-state index in [4.69, 9.17) is 4.42 Å². The van der Waals surface area contributed by atoms with Crippen molar-refractivity contribution in [2.45, 2.75) is 25.9 Å². The van der Waals surface area contributed by atoms with Crippen LogP contribution in [0.5, 0.6) is 0 Å². The van der Waals surface area contributed by atoms with Crippen LogP contribution in [-0.4, -0.2) is 30.5 Å². The Balaban J connectivity index is 1.33. The third-order valence-electron chi connectivity index (χ3n) is 4.34. The summed E-state index contributed by atoms with van der Waals surface area (Å²) < 4.78 is 7.98. The fraction of sp³-hybridized carbons (Fsp3) is 0.211. The summed E-state index contributed by atoms with van der Waals surface area (Å²) in [7, 11) is 0. The maximum atomic E-state index is 12.3. The van der Waals surface area contributed by atoms with Crippen molar-refractivity contribution < 1.29 is 9.21 Å². The lowest BCUT2D eigenvalue weighted by atomic mass is 10.1. The Morgan fingerprint density at radius 2 is 2.10 bits per heavy atom. The van der Waals surface area contributed by atoms with Crippen molar-refractivity contribution >= 4 is 17.2 Å². The van der Waals surface area contributed by atoms with Gasteiger partial charge in [0.2, 0.25) is 5.91 Å². The summed E-state index contributed by atoms with van der Waals surface area (Å²) in [6.07, 6.45) is 3.22. The summed E-state index contributed by atoms with van der Waals surface area (Å²) in [5.74, 6) is -0.477. The molecular weight excluding hydrogens is 392 g/mol. The number of carbonyl (C=O) groups excluding carboxylic acids is 1. The van der Waals surface area contributed by atoms with Gasteiger partial charge in [0.15, 0.2) is 0 Å². The van der Waals surface area contributed by atoms with E-state index in [-0.39, 0.29) is 30.8 Å². The molecule has 0 aliphatic rings. The number of hydrogen-bond acceptors (Lipinski definition) is 7. The number of amides is 1. The van der Waals surface area contributed by atoms with Gasteiger partial charge in [0, 0.05) is 6.42 Å². The third-order valence-corrected chi connectivity index (χ3v) is 5.20. The zero-order valence-electron chi connectivity index (χ0n) is 15.6. The Hall–Kier alpha value is -3.53. The maximum Gasteiger partial charge on any atom is 0.437 e. The quantitative estimate of drug-likeness (QED) is 0.501. The van der Waals surface area contributed by atoms with E-state index in [2.05, 4.69) is 20.5 Å².